The van der Waals surface area contributed by atoms with Gasteiger partial charge in [-0.05, 0) is 167 Å². The molecule has 0 fully saturated rings. The highest BCUT2D eigenvalue weighted by atomic mass is 15.2. The van der Waals surface area contributed by atoms with Crippen LogP contribution < -0.4 is 9.80 Å². The van der Waals surface area contributed by atoms with Gasteiger partial charge in [0.2, 0.25) is 0 Å². The normalized spacial score (nSPS) is 11.7. The van der Waals surface area contributed by atoms with Crippen molar-refractivity contribution in [3.05, 3.63) is 190 Å². The average molecular weight is 827 g/mol. The van der Waals surface area contributed by atoms with Crippen molar-refractivity contribution in [3.8, 4) is 12.1 Å². The first kappa shape index (κ1) is 40.4. The molecular formula is C60H50N4. The third kappa shape index (κ3) is 6.49. The molecule has 4 nitrogen and oxygen atoms in total. The molecule has 0 aliphatic rings. The lowest BCUT2D eigenvalue weighted by Gasteiger charge is -2.33. The highest BCUT2D eigenvalue weighted by Gasteiger charge is 2.28. The maximum atomic E-state index is 9.90. The Labute approximate surface area is 376 Å². The standard InChI is InChI=1S/C60H50N4/c1-35(2)51-31-55(63(45-21-13-41(33-61)14-22-45)59-39(7)11-19-43-17-9-37(5)29-53(43)59)49-28-26-48-52(36(3)4)32-56(50-27-25-47(51)57(49)58(48)50)64(46-23-15-42(34-62)16-24-46)60-40(8)12-20-44-18-10-38(6)30-54(44)60/h9-32,35-36H,1-8H3. The van der Waals surface area contributed by atoms with Gasteiger partial charge in [0, 0.05) is 32.9 Å². The number of anilines is 6. The van der Waals surface area contributed by atoms with Gasteiger partial charge in [-0.25, -0.2) is 0 Å². The summed E-state index contributed by atoms with van der Waals surface area (Å²) in [5.41, 5.74) is 15.0. The van der Waals surface area contributed by atoms with Gasteiger partial charge in [0.25, 0.3) is 0 Å². The molecule has 0 saturated heterocycles. The average Bonchev–Trinajstić information content (AvgIpc) is 3.30. The molecule has 0 unspecified atom stereocenters. The number of benzene rings is 10. The van der Waals surface area contributed by atoms with E-state index in [4.69, 9.17) is 0 Å². The number of rotatable bonds is 8. The van der Waals surface area contributed by atoms with Gasteiger partial charge in [0.1, 0.15) is 0 Å². The van der Waals surface area contributed by atoms with Crippen molar-refractivity contribution in [1.29, 1.82) is 10.5 Å². The minimum Gasteiger partial charge on any atom is -0.309 e. The quantitative estimate of drug-likeness (QED) is 0.143. The van der Waals surface area contributed by atoms with Crippen molar-refractivity contribution < 1.29 is 0 Å². The zero-order valence-corrected chi connectivity index (χ0v) is 37.8. The first-order chi connectivity index (χ1) is 30.9. The van der Waals surface area contributed by atoms with Crippen molar-refractivity contribution in [2.75, 3.05) is 9.80 Å². The van der Waals surface area contributed by atoms with Crippen molar-refractivity contribution >= 4 is 88.0 Å². The summed E-state index contributed by atoms with van der Waals surface area (Å²) >= 11 is 0. The Balaban J connectivity index is 1.37. The van der Waals surface area contributed by atoms with Crippen molar-refractivity contribution in [2.24, 2.45) is 0 Å². The van der Waals surface area contributed by atoms with Crippen LogP contribution >= 0.6 is 0 Å². The van der Waals surface area contributed by atoms with E-state index in [2.05, 4.69) is 199 Å². The molecule has 0 radical (unpaired) electrons. The van der Waals surface area contributed by atoms with Gasteiger partial charge >= 0.3 is 0 Å². The summed E-state index contributed by atoms with van der Waals surface area (Å²) in [5.74, 6) is 0.450. The van der Waals surface area contributed by atoms with Crippen LogP contribution in [0.1, 0.15) is 84.0 Å². The molecule has 0 aliphatic heterocycles. The number of hydrogen-bond acceptors (Lipinski definition) is 4. The van der Waals surface area contributed by atoms with Crippen molar-refractivity contribution in [1.82, 2.24) is 0 Å². The highest BCUT2D eigenvalue weighted by Crippen LogP contribution is 2.53. The van der Waals surface area contributed by atoms with Crippen LogP contribution in [0.15, 0.2) is 146 Å². The van der Waals surface area contributed by atoms with Gasteiger partial charge in [-0.3, -0.25) is 0 Å². The third-order valence-electron chi connectivity index (χ3n) is 13.3. The molecule has 0 aliphatic carbocycles. The van der Waals surface area contributed by atoms with Crippen LogP contribution in [0.3, 0.4) is 0 Å². The molecule has 0 heterocycles. The molecule has 4 heteroatoms. The first-order valence-electron chi connectivity index (χ1n) is 22.3. The fourth-order valence-corrected chi connectivity index (χ4v) is 10.1. The molecule has 0 bridgehead atoms. The molecule has 0 amide bonds. The van der Waals surface area contributed by atoms with Gasteiger partial charge in [-0.1, -0.05) is 112 Å². The van der Waals surface area contributed by atoms with Gasteiger partial charge in [0.05, 0.1) is 46.0 Å². The van der Waals surface area contributed by atoms with Crippen LogP contribution in [0.2, 0.25) is 0 Å². The highest BCUT2D eigenvalue weighted by molar-refractivity contribution is 6.30. The minimum absolute atomic E-state index is 0.225. The molecule has 0 aromatic heterocycles. The molecule has 0 saturated carbocycles. The second-order valence-corrected chi connectivity index (χ2v) is 18.3. The monoisotopic (exact) mass is 826 g/mol. The Morgan fingerprint density at radius 2 is 0.750 bits per heavy atom. The fourth-order valence-electron chi connectivity index (χ4n) is 10.1. The van der Waals surface area contributed by atoms with Crippen LogP contribution in [0.25, 0.3) is 53.9 Å². The second kappa shape index (κ2) is 15.6. The van der Waals surface area contributed by atoms with Gasteiger partial charge in [-0.2, -0.15) is 10.5 Å². The predicted octanol–water partition coefficient (Wildman–Crippen LogP) is 17.1. The smallest absolute Gasteiger partial charge is 0.0991 e. The van der Waals surface area contributed by atoms with Crippen LogP contribution in [0.5, 0.6) is 0 Å². The Bertz CT molecular complexity index is 3310. The minimum atomic E-state index is 0.225. The van der Waals surface area contributed by atoms with Crippen LogP contribution in [0.4, 0.5) is 34.1 Å². The molecule has 310 valence electrons. The largest absolute Gasteiger partial charge is 0.309 e. The third-order valence-corrected chi connectivity index (χ3v) is 13.3. The van der Waals surface area contributed by atoms with Crippen LogP contribution in [-0.2, 0) is 0 Å². The zero-order valence-electron chi connectivity index (χ0n) is 37.8. The number of hydrogen-bond donors (Lipinski definition) is 0. The van der Waals surface area contributed by atoms with Gasteiger partial charge in [0.15, 0.2) is 0 Å². The van der Waals surface area contributed by atoms with Gasteiger partial charge < -0.3 is 9.80 Å². The molecule has 10 aromatic rings. The first-order valence-corrected chi connectivity index (χ1v) is 22.3. The van der Waals surface area contributed by atoms with E-state index in [-0.39, 0.29) is 11.8 Å². The van der Waals surface area contributed by atoms with Crippen molar-refractivity contribution in [2.45, 2.75) is 67.2 Å². The predicted molar refractivity (Wildman–Crippen MR) is 271 cm³/mol. The van der Waals surface area contributed by atoms with E-state index in [1.54, 1.807) is 0 Å². The lowest BCUT2D eigenvalue weighted by molar-refractivity contribution is 0.875. The molecular weight excluding hydrogens is 777 g/mol. The number of fused-ring (bicyclic) bond motifs is 2. The Morgan fingerprint density at radius 3 is 1.11 bits per heavy atom. The molecule has 10 aromatic carbocycles. The van der Waals surface area contributed by atoms with E-state index in [1.807, 2.05) is 24.3 Å². The van der Waals surface area contributed by atoms with E-state index in [0.29, 0.717) is 11.1 Å². The van der Waals surface area contributed by atoms with Crippen molar-refractivity contribution in [3.63, 3.8) is 0 Å². The lowest BCUT2D eigenvalue weighted by atomic mass is 9.83. The molecule has 0 spiro atoms. The maximum Gasteiger partial charge on any atom is 0.0991 e. The Morgan fingerprint density at radius 1 is 0.391 bits per heavy atom. The number of aryl methyl sites for hydroxylation is 4. The number of nitriles is 2. The van der Waals surface area contributed by atoms with Gasteiger partial charge in [-0.15, -0.1) is 0 Å². The Hall–Kier alpha value is -7.66. The van der Waals surface area contributed by atoms with Crippen LogP contribution in [0, 0.1) is 50.4 Å². The summed E-state index contributed by atoms with van der Waals surface area (Å²) in [7, 11) is 0. The van der Waals surface area contributed by atoms with E-state index in [0.717, 1.165) is 34.1 Å². The molecule has 0 atom stereocenters. The lowest BCUT2D eigenvalue weighted by Crippen LogP contribution is -2.15. The SMILES string of the molecule is Cc1ccc2ccc(C)c(N(c3ccc(C#N)cc3)c3cc(C(C)C)c4ccc5c(N(c6ccc(C#N)cc6)c6c(C)ccc7ccc(C)cc67)cc(C(C)C)c6ccc3c4c65)c2c1. The molecule has 10 rings (SSSR count). The fraction of sp³-hybridized carbons (Fsp3) is 0.167. The second-order valence-electron chi connectivity index (χ2n) is 18.3. The molecule has 0 N–H and O–H groups in total. The topological polar surface area (TPSA) is 54.1 Å². The van der Waals surface area contributed by atoms with E-state index in [1.165, 1.54) is 87.2 Å². The molecule has 64 heavy (non-hydrogen) atoms. The summed E-state index contributed by atoms with van der Waals surface area (Å²) < 4.78 is 0. The number of nitrogens with zero attached hydrogens (tertiary/aromatic N) is 4. The Kier molecular flexibility index (Phi) is 9.85. The summed E-state index contributed by atoms with van der Waals surface area (Å²) in [6, 6.07) is 57.4. The zero-order chi connectivity index (χ0) is 44.6. The van der Waals surface area contributed by atoms with E-state index in [9.17, 15) is 10.5 Å². The summed E-state index contributed by atoms with van der Waals surface area (Å²) in [5, 5.41) is 31.9. The summed E-state index contributed by atoms with van der Waals surface area (Å²) in [4.78, 5) is 4.90. The summed E-state index contributed by atoms with van der Waals surface area (Å²) in [6.45, 7) is 18.0. The van der Waals surface area contributed by atoms with E-state index >= 15 is 0 Å². The van der Waals surface area contributed by atoms with E-state index < -0.39 is 0 Å². The maximum absolute atomic E-state index is 9.90. The van der Waals surface area contributed by atoms with Crippen LogP contribution in [-0.4, -0.2) is 0 Å². The summed E-state index contributed by atoms with van der Waals surface area (Å²) in [6.07, 6.45) is 0.